The lowest BCUT2D eigenvalue weighted by atomic mass is 9.89. The van der Waals surface area contributed by atoms with Crippen LogP contribution < -0.4 is 4.90 Å². The zero-order valence-electron chi connectivity index (χ0n) is 15.8. The van der Waals surface area contributed by atoms with Crippen molar-refractivity contribution in [2.24, 2.45) is 11.8 Å². The second-order valence-corrected chi connectivity index (χ2v) is 8.88. The highest BCUT2D eigenvalue weighted by atomic mass is 32.2. The van der Waals surface area contributed by atoms with Gasteiger partial charge in [0.1, 0.15) is 11.6 Å². The molecule has 142 valence electrons. The van der Waals surface area contributed by atoms with Gasteiger partial charge in [0, 0.05) is 56.2 Å². The highest BCUT2D eigenvalue weighted by Gasteiger charge is 2.29. The van der Waals surface area contributed by atoms with Crippen molar-refractivity contribution < 1.29 is 9.59 Å². The normalized spacial score (nSPS) is 21.1. The first kappa shape index (κ1) is 19.2. The van der Waals surface area contributed by atoms with Crippen LogP contribution in [-0.4, -0.2) is 59.3 Å². The van der Waals surface area contributed by atoms with Crippen LogP contribution in [0.5, 0.6) is 0 Å². The van der Waals surface area contributed by atoms with E-state index in [1.54, 1.807) is 6.20 Å². The highest BCUT2D eigenvalue weighted by molar-refractivity contribution is 7.99. The zero-order chi connectivity index (χ0) is 18.5. The monoisotopic (exact) mass is 375 g/mol. The Bertz CT molecular complexity index is 626. The van der Waals surface area contributed by atoms with E-state index in [1.165, 1.54) is 0 Å². The summed E-state index contributed by atoms with van der Waals surface area (Å²) in [5, 5.41) is 0. The summed E-state index contributed by atoms with van der Waals surface area (Å²) in [6, 6.07) is 3.83. The van der Waals surface area contributed by atoms with Crippen LogP contribution in [0.1, 0.15) is 43.5 Å². The van der Waals surface area contributed by atoms with Gasteiger partial charge in [-0.2, -0.15) is 11.8 Å². The number of hydrogen-bond acceptors (Lipinski definition) is 5. The SMILES string of the molecule is CC(C)CC(=O)[C@@H]1CCCN(C(=O)c2ccc(N3CCSCC3)nc2)C1. The molecule has 26 heavy (non-hydrogen) atoms. The van der Waals surface area contributed by atoms with Crippen LogP contribution in [0, 0.1) is 11.8 Å². The number of nitrogens with zero attached hydrogens (tertiary/aromatic N) is 3. The summed E-state index contributed by atoms with van der Waals surface area (Å²) in [6.45, 7) is 7.44. The number of aromatic nitrogens is 1. The molecule has 3 rings (SSSR count). The number of carbonyl (C=O) groups excluding carboxylic acids is 2. The van der Waals surface area contributed by atoms with Gasteiger partial charge in [-0.05, 0) is 30.9 Å². The molecular weight excluding hydrogens is 346 g/mol. The van der Waals surface area contributed by atoms with Crippen LogP contribution in [0.3, 0.4) is 0 Å². The number of ketones is 1. The number of likely N-dealkylation sites (tertiary alicyclic amines) is 1. The molecule has 0 aliphatic carbocycles. The van der Waals surface area contributed by atoms with Gasteiger partial charge in [0.2, 0.25) is 0 Å². The van der Waals surface area contributed by atoms with Gasteiger partial charge in [0.05, 0.1) is 5.56 Å². The molecule has 2 aliphatic rings. The van der Waals surface area contributed by atoms with Gasteiger partial charge in [-0.1, -0.05) is 13.8 Å². The van der Waals surface area contributed by atoms with Gasteiger partial charge in [-0.3, -0.25) is 9.59 Å². The van der Waals surface area contributed by atoms with E-state index in [0.29, 0.717) is 30.2 Å². The first-order valence-corrected chi connectivity index (χ1v) is 10.8. The van der Waals surface area contributed by atoms with E-state index < -0.39 is 0 Å². The molecule has 0 aromatic carbocycles. The molecule has 2 aliphatic heterocycles. The van der Waals surface area contributed by atoms with Gasteiger partial charge >= 0.3 is 0 Å². The fourth-order valence-electron chi connectivity index (χ4n) is 3.67. The molecule has 0 radical (unpaired) electrons. The van der Waals surface area contributed by atoms with E-state index in [0.717, 1.165) is 49.8 Å². The fourth-order valence-corrected chi connectivity index (χ4v) is 4.57. The Hall–Kier alpha value is -1.56. The molecular formula is C20H29N3O2S. The molecule has 1 aromatic rings. The smallest absolute Gasteiger partial charge is 0.255 e. The Morgan fingerprint density at radius 2 is 2.00 bits per heavy atom. The molecule has 2 saturated heterocycles. The summed E-state index contributed by atoms with van der Waals surface area (Å²) in [5.41, 5.74) is 0.622. The summed E-state index contributed by atoms with van der Waals surface area (Å²) < 4.78 is 0. The number of hydrogen-bond donors (Lipinski definition) is 0. The predicted molar refractivity (Wildman–Crippen MR) is 107 cm³/mol. The molecule has 5 nitrogen and oxygen atoms in total. The number of piperidine rings is 1. The summed E-state index contributed by atoms with van der Waals surface area (Å²) >= 11 is 1.97. The van der Waals surface area contributed by atoms with Gasteiger partial charge in [-0.25, -0.2) is 4.98 Å². The predicted octanol–water partition coefficient (Wildman–Crippen LogP) is 3.10. The van der Waals surface area contributed by atoms with Crippen molar-refractivity contribution in [3.8, 4) is 0 Å². The Morgan fingerprint density at radius 3 is 2.65 bits per heavy atom. The van der Waals surface area contributed by atoms with Crippen LogP contribution >= 0.6 is 11.8 Å². The van der Waals surface area contributed by atoms with Crippen molar-refractivity contribution in [1.82, 2.24) is 9.88 Å². The highest BCUT2D eigenvalue weighted by Crippen LogP contribution is 2.23. The zero-order valence-corrected chi connectivity index (χ0v) is 16.6. The second kappa shape index (κ2) is 8.89. The first-order chi connectivity index (χ1) is 12.5. The topological polar surface area (TPSA) is 53.5 Å². The molecule has 0 saturated carbocycles. The summed E-state index contributed by atoms with van der Waals surface area (Å²) in [5.74, 6) is 3.87. The third-order valence-corrected chi connectivity index (χ3v) is 6.05. The van der Waals surface area contributed by atoms with Gasteiger partial charge in [0.15, 0.2) is 0 Å². The maximum absolute atomic E-state index is 12.8. The molecule has 0 unspecified atom stereocenters. The van der Waals surface area contributed by atoms with Crippen LogP contribution in [0.25, 0.3) is 0 Å². The van der Waals surface area contributed by atoms with Gasteiger partial charge in [-0.15, -0.1) is 0 Å². The number of Topliss-reactive ketones (excluding diaryl/α,β-unsaturated/α-hetero) is 1. The summed E-state index contributed by atoms with van der Waals surface area (Å²) in [4.78, 5) is 33.8. The molecule has 3 heterocycles. The van der Waals surface area contributed by atoms with Crippen molar-refractivity contribution in [3.63, 3.8) is 0 Å². The van der Waals surface area contributed by atoms with Gasteiger partial charge in [0.25, 0.3) is 5.91 Å². The van der Waals surface area contributed by atoms with Crippen LogP contribution in [0.2, 0.25) is 0 Å². The van der Waals surface area contributed by atoms with Crippen molar-refractivity contribution in [2.75, 3.05) is 42.6 Å². The minimum absolute atomic E-state index is 0.000275. The maximum atomic E-state index is 12.8. The largest absolute Gasteiger partial charge is 0.355 e. The second-order valence-electron chi connectivity index (χ2n) is 7.66. The van der Waals surface area contributed by atoms with E-state index in [2.05, 4.69) is 23.7 Å². The Labute approximate surface area is 160 Å². The summed E-state index contributed by atoms with van der Waals surface area (Å²) in [6.07, 6.45) is 4.10. The molecule has 1 aromatic heterocycles. The number of rotatable bonds is 5. The summed E-state index contributed by atoms with van der Waals surface area (Å²) in [7, 11) is 0. The maximum Gasteiger partial charge on any atom is 0.255 e. The number of thioether (sulfide) groups is 1. The van der Waals surface area contributed by atoms with Crippen LogP contribution in [-0.2, 0) is 4.79 Å². The molecule has 1 atom stereocenters. The quantitative estimate of drug-likeness (QED) is 0.791. The molecule has 0 spiro atoms. The lowest BCUT2D eigenvalue weighted by Crippen LogP contribution is -2.42. The third kappa shape index (κ3) is 4.78. The molecule has 1 amide bonds. The molecule has 2 fully saturated rings. The van der Waals surface area contributed by atoms with E-state index in [1.807, 2.05) is 28.8 Å². The Morgan fingerprint density at radius 1 is 1.23 bits per heavy atom. The van der Waals surface area contributed by atoms with Crippen molar-refractivity contribution >= 4 is 29.3 Å². The number of pyridine rings is 1. The van der Waals surface area contributed by atoms with E-state index in [4.69, 9.17) is 0 Å². The minimum Gasteiger partial charge on any atom is -0.355 e. The number of amides is 1. The van der Waals surface area contributed by atoms with Crippen LogP contribution in [0.15, 0.2) is 18.3 Å². The molecule has 6 heteroatoms. The standard InChI is InChI=1S/C20H29N3O2S/c1-15(2)12-18(24)17-4-3-7-23(14-17)20(25)16-5-6-19(21-13-16)22-8-10-26-11-9-22/h5-6,13,15,17H,3-4,7-12,14H2,1-2H3/t17-/m1/s1. The average Bonchev–Trinajstić information content (AvgIpc) is 2.68. The van der Waals surface area contributed by atoms with Gasteiger partial charge < -0.3 is 9.80 Å². The van der Waals surface area contributed by atoms with Crippen molar-refractivity contribution in [3.05, 3.63) is 23.9 Å². The molecule has 0 bridgehead atoms. The first-order valence-electron chi connectivity index (χ1n) is 9.65. The van der Waals surface area contributed by atoms with E-state index in [-0.39, 0.29) is 11.8 Å². The van der Waals surface area contributed by atoms with E-state index in [9.17, 15) is 9.59 Å². The number of anilines is 1. The van der Waals surface area contributed by atoms with Crippen molar-refractivity contribution in [1.29, 1.82) is 0 Å². The van der Waals surface area contributed by atoms with E-state index >= 15 is 0 Å². The average molecular weight is 376 g/mol. The van der Waals surface area contributed by atoms with Crippen LogP contribution in [0.4, 0.5) is 5.82 Å². The lowest BCUT2D eigenvalue weighted by molar-refractivity contribution is -0.124. The Balaban J connectivity index is 1.62. The lowest BCUT2D eigenvalue weighted by Gasteiger charge is -2.32. The van der Waals surface area contributed by atoms with Crippen molar-refractivity contribution in [2.45, 2.75) is 33.1 Å². The fraction of sp³-hybridized carbons (Fsp3) is 0.650. The third-order valence-electron chi connectivity index (χ3n) is 5.10. The minimum atomic E-state index is -0.00631. The Kier molecular flexibility index (Phi) is 6.57. The number of carbonyl (C=O) groups is 2. The molecule has 0 N–H and O–H groups in total.